The molecule has 1 unspecified atom stereocenters. The van der Waals surface area contributed by atoms with Crippen LogP contribution in [0.5, 0.6) is 0 Å². The first-order chi connectivity index (χ1) is 7.68. The van der Waals surface area contributed by atoms with Crippen LogP contribution in [0.2, 0.25) is 0 Å². The maximum absolute atomic E-state index is 10.1. The largest absolute Gasteiger partial charge is 0.396 e. The Balaban J connectivity index is 2.51. The molecule has 1 aliphatic rings. The lowest BCUT2D eigenvalue weighted by molar-refractivity contribution is -0.0602. The molecular formula is C12H24O4. The minimum atomic E-state index is -0.538. The van der Waals surface area contributed by atoms with Crippen LogP contribution in [-0.2, 0) is 0 Å². The Kier molecular flexibility index (Phi) is 5.69. The molecule has 0 aliphatic heterocycles. The number of rotatable bonds is 6. The van der Waals surface area contributed by atoms with E-state index >= 15 is 0 Å². The molecule has 1 rings (SSSR count). The number of hydrogen-bond acceptors (Lipinski definition) is 4. The Morgan fingerprint density at radius 3 is 2.19 bits per heavy atom. The van der Waals surface area contributed by atoms with Crippen molar-refractivity contribution in [2.75, 3.05) is 19.8 Å². The highest BCUT2D eigenvalue weighted by Crippen LogP contribution is 2.42. The standard InChI is InChI=1S/C12H24O4/c13-7-1-2-11(16)12(9-15)5-3-10(8-14)4-6-12/h10-11,13-16H,1-9H2. The van der Waals surface area contributed by atoms with E-state index in [1.807, 2.05) is 0 Å². The molecule has 0 saturated heterocycles. The van der Waals surface area contributed by atoms with Gasteiger partial charge in [0.25, 0.3) is 0 Å². The van der Waals surface area contributed by atoms with Crippen LogP contribution in [0.4, 0.5) is 0 Å². The van der Waals surface area contributed by atoms with Crippen molar-refractivity contribution >= 4 is 0 Å². The number of aliphatic hydroxyl groups is 4. The average molecular weight is 232 g/mol. The van der Waals surface area contributed by atoms with E-state index in [1.165, 1.54) is 0 Å². The fraction of sp³-hybridized carbons (Fsp3) is 1.00. The summed E-state index contributed by atoms with van der Waals surface area (Å²) in [6.07, 6.45) is 3.85. The lowest BCUT2D eigenvalue weighted by Crippen LogP contribution is -2.42. The van der Waals surface area contributed by atoms with Gasteiger partial charge in [-0.1, -0.05) is 0 Å². The number of hydrogen-bond donors (Lipinski definition) is 4. The third kappa shape index (κ3) is 3.17. The monoisotopic (exact) mass is 232 g/mol. The van der Waals surface area contributed by atoms with Crippen LogP contribution in [0.25, 0.3) is 0 Å². The lowest BCUT2D eigenvalue weighted by atomic mass is 9.67. The molecule has 1 fully saturated rings. The molecular weight excluding hydrogens is 208 g/mol. The van der Waals surface area contributed by atoms with Gasteiger partial charge in [0.05, 0.1) is 12.7 Å². The molecule has 0 radical (unpaired) electrons. The number of aliphatic hydroxyl groups excluding tert-OH is 4. The summed E-state index contributed by atoms with van der Waals surface area (Å²) < 4.78 is 0. The quantitative estimate of drug-likeness (QED) is 0.530. The molecule has 0 bridgehead atoms. The summed E-state index contributed by atoms with van der Waals surface area (Å²) >= 11 is 0. The van der Waals surface area contributed by atoms with Crippen molar-refractivity contribution < 1.29 is 20.4 Å². The van der Waals surface area contributed by atoms with E-state index in [0.717, 1.165) is 25.7 Å². The molecule has 1 saturated carbocycles. The first-order valence-electron chi connectivity index (χ1n) is 6.19. The minimum Gasteiger partial charge on any atom is -0.396 e. The fourth-order valence-electron chi connectivity index (χ4n) is 2.62. The predicted molar refractivity (Wildman–Crippen MR) is 60.9 cm³/mol. The molecule has 0 amide bonds. The fourth-order valence-corrected chi connectivity index (χ4v) is 2.62. The molecule has 4 nitrogen and oxygen atoms in total. The van der Waals surface area contributed by atoms with Crippen molar-refractivity contribution in [1.82, 2.24) is 0 Å². The van der Waals surface area contributed by atoms with Gasteiger partial charge in [-0.25, -0.2) is 0 Å². The first kappa shape index (κ1) is 13.9. The smallest absolute Gasteiger partial charge is 0.0619 e. The molecule has 4 heteroatoms. The maximum atomic E-state index is 10.1. The van der Waals surface area contributed by atoms with E-state index in [2.05, 4.69) is 0 Å². The normalized spacial score (nSPS) is 32.6. The van der Waals surface area contributed by atoms with Crippen molar-refractivity contribution in [2.45, 2.75) is 44.6 Å². The van der Waals surface area contributed by atoms with Crippen LogP contribution in [0.1, 0.15) is 38.5 Å². The summed E-state index contributed by atoms with van der Waals surface area (Å²) in [5.74, 6) is 0.324. The van der Waals surface area contributed by atoms with Crippen LogP contribution in [-0.4, -0.2) is 46.4 Å². The third-order valence-corrected chi connectivity index (χ3v) is 4.02. The topological polar surface area (TPSA) is 80.9 Å². The molecule has 0 heterocycles. The second kappa shape index (κ2) is 6.55. The first-order valence-corrected chi connectivity index (χ1v) is 6.19. The zero-order chi connectivity index (χ0) is 12.0. The molecule has 16 heavy (non-hydrogen) atoms. The van der Waals surface area contributed by atoms with E-state index in [9.17, 15) is 10.2 Å². The molecule has 4 N–H and O–H groups in total. The summed E-state index contributed by atoms with van der Waals surface area (Å²) in [5, 5.41) is 37.4. The van der Waals surface area contributed by atoms with Crippen LogP contribution < -0.4 is 0 Å². The maximum Gasteiger partial charge on any atom is 0.0619 e. The van der Waals surface area contributed by atoms with E-state index in [4.69, 9.17) is 10.2 Å². The molecule has 1 atom stereocenters. The van der Waals surface area contributed by atoms with Crippen molar-refractivity contribution in [3.05, 3.63) is 0 Å². The van der Waals surface area contributed by atoms with Crippen molar-refractivity contribution in [1.29, 1.82) is 0 Å². The second-order valence-corrected chi connectivity index (χ2v) is 5.03. The average Bonchev–Trinajstić information content (AvgIpc) is 2.35. The molecule has 0 aromatic carbocycles. The van der Waals surface area contributed by atoms with Gasteiger partial charge in [-0.05, 0) is 44.4 Å². The highest BCUT2D eigenvalue weighted by molar-refractivity contribution is 4.90. The zero-order valence-electron chi connectivity index (χ0n) is 9.81. The Hall–Kier alpha value is -0.160. The van der Waals surface area contributed by atoms with Crippen molar-refractivity contribution in [3.8, 4) is 0 Å². The molecule has 0 aromatic heterocycles. The Morgan fingerprint density at radius 2 is 1.75 bits per heavy atom. The highest BCUT2D eigenvalue weighted by Gasteiger charge is 2.40. The second-order valence-electron chi connectivity index (χ2n) is 5.03. The summed E-state index contributed by atoms with van der Waals surface area (Å²) in [6, 6.07) is 0. The van der Waals surface area contributed by atoms with Gasteiger partial charge in [-0.3, -0.25) is 0 Å². The van der Waals surface area contributed by atoms with Crippen LogP contribution in [0.15, 0.2) is 0 Å². The van der Waals surface area contributed by atoms with Gasteiger partial charge >= 0.3 is 0 Å². The van der Waals surface area contributed by atoms with E-state index in [-0.39, 0.29) is 19.8 Å². The lowest BCUT2D eigenvalue weighted by Gasteiger charge is -2.42. The minimum absolute atomic E-state index is 0.00224. The summed E-state index contributed by atoms with van der Waals surface area (Å²) in [6.45, 7) is 0.282. The molecule has 96 valence electrons. The molecule has 0 spiro atoms. The predicted octanol–water partition coefficient (Wildman–Crippen LogP) is 0.281. The van der Waals surface area contributed by atoms with Gasteiger partial charge in [0.2, 0.25) is 0 Å². The Labute approximate surface area is 96.9 Å². The van der Waals surface area contributed by atoms with Crippen LogP contribution in [0.3, 0.4) is 0 Å². The third-order valence-electron chi connectivity index (χ3n) is 4.02. The van der Waals surface area contributed by atoms with Crippen molar-refractivity contribution in [2.24, 2.45) is 11.3 Å². The van der Waals surface area contributed by atoms with Crippen molar-refractivity contribution in [3.63, 3.8) is 0 Å². The van der Waals surface area contributed by atoms with E-state index in [1.54, 1.807) is 0 Å². The Morgan fingerprint density at radius 1 is 1.12 bits per heavy atom. The Bertz CT molecular complexity index is 187. The van der Waals surface area contributed by atoms with Crippen LogP contribution in [0, 0.1) is 11.3 Å². The van der Waals surface area contributed by atoms with Gasteiger partial charge in [0.1, 0.15) is 0 Å². The van der Waals surface area contributed by atoms with Crippen LogP contribution >= 0.6 is 0 Å². The molecule has 1 aliphatic carbocycles. The molecule has 0 aromatic rings. The zero-order valence-corrected chi connectivity index (χ0v) is 9.81. The van der Waals surface area contributed by atoms with Gasteiger partial charge < -0.3 is 20.4 Å². The summed E-state index contributed by atoms with van der Waals surface area (Å²) in [7, 11) is 0. The van der Waals surface area contributed by atoms with Gasteiger partial charge in [-0.15, -0.1) is 0 Å². The SMILES string of the molecule is OCCCC(O)C1(CO)CCC(CO)CC1. The van der Waals surface area contributed by atoms with Gasteiger partial charge in [0, 0.05) is 18.6 Å². The summed E-state index contributed by atoms with van der Waals surface area (Å²) in [5.41, 5.74) is -0.402. The summed E-state index contributed by atoms with van der Waals surface area (Å²) in [4.78, 5) is 0. The van der Waals surface area contributed by atoms with E-state index < -0.39 is 11.5 Å². The van der Waals surface area contributed by atoms with E-state index in [0.29, 0.717) is 18.8 Å². The van der Waals surface area contributed by atoms with Gasteiger partial charge in [0.15, 0.2) is 0 Å². The highest BCUT2D eigenvalue weighted by atomic mass is 16.3. The van der Waals surface area contributed by atoms with Gasteiger partial charge in [-0.2, -0.15) is 0 Å².